The first-order chi connectivity index (χ1) is 9.68. The third-order valence-corrected chi connectivity index (χ3v) is 4.62. The van der Waals surface area contributed by atoms with Crippen LogP contribution in [0.5, 0.6) is 11.5 Å². The number of hydrogen-bond donors (Lipinski definition) is 1. The largest absolute Gasteiger partial charge is 0.493 e. The second-order valence-corrected chi connectivity index (χ2v) is 6.15. The normalized spacial score (nSPS) is 10.9. The lowest BCUT2D eigenvalue weighted by Crippen LogP contribution is -2.32. The zero-order chi connectivity index (χ0) is 16.4. The number of amides is 1. The summed E-state index contributed by atoms with van der Waals surface area (Å²) in [5.74, 6) is 0.511. The van der Waals surface area contributed by atoms with Crippen LogP contribution >= 0.6 is 0 Å². The van der Waals surface area contributed by atoms with E-state index in [2.05, 4.69) is 6.58 Å². The van der Waals surface area contributed by atoms with E-state index >= 15 is 0 Å². The molecule has 1 amide bonds. The van der Waals surface area contributed by atoms with Gasteiger partial charge in [0.2, 0.25) is 0 Å². The van der Waals surface area contributed by atoms with E-state index in [0.29, 0.717) is 11.3 Å². The number of nitrogens with zero attached hydrogens (tertiary/aromatic N) is 1. The van der Waals surface area contributed by atoms with Gasteiger partial charge in [-0.15, -0.1) is 0 Å². The van der Waals surface area contributed by atoms with Crippen LogP contribution in [-0.2, 0) is 10.0 Å². The maximum Gasteiger partial charge on any atom is 0.421 e. The molecule has 0 heterocycles. The van der Waals surface area contributed by atoms with Crippen molar-refractivity contribution in [2.24, 2.45) is 0 Å². The van der Waals surface area contributed by atoms with Gasteiger partial charge in [-0.3, -0.25) is 0 Å². The molecule has 1 aromatic carbocycles. The Kier molecular flexibility index (Phi) is 4.84. The molecule has 0 saturated heterocycles. The summed E-state index contributed by atoms with van der Waals surface area (Å²) in [6.07, 6.45) is -1.59. The van der Waals surface area contributed by atoms with Crippen LogP contribution < -0.4 is 9.47 Å². The lowest BCUT2D eigenvalue weighted by molar-refractivity contribution is 0.178. The number of ether oxygens (including phenoxy) is 2. The molecule has 0 aliphatic rings. The first-order valence-electron chi connectivity index (χ1n) is 5.81. The maximum absolute atomic E-state index is 12.4. The lowest BCUT2D eigenvalue weighted by Gasteiger charge is -2.20. The van der Waals surface area contributed by atoms with Crippen molar-refractivity contribution in [3.63, 3.8) is 0 Å². The fourth-order valence-electron chi connectivity index (χ4n) is 1.78. The summed E-state index contributed by atoms with van der Waals surface area (Å²) in [6.45, 7) is 5.32. The molecule has 0 radical (unpaired) electrons. The molecule has 0 spiro atoms. The Morgan fingerprint density at radius 1 is 1.29 bits per heavy atom. The predicted molar refractivity (Wildman–Crippen MR) is 77.2 cm³/mol. The van der Waals surface area contributed by atoms with Gasteiger partial charge in [0.25, 0.3) is 10.0 Å². The molecule has 0 aromatic heterocycles. The van der Waals surface area contributed by atoms with E-state index in [9.17, 15) is 13.2 Å². The van der Waals surface area contributed by atoms with Gasteiger partial charge in [0.15, 0.2) is 11.5 Å². The van der Waals surface area contributed by atoms with Crippen LogP contribution in [0.3, 0.4) is 0 Å². The molecule has 1 aromatic rings. The standard InChI is InChI=1S/C13H17NO6S/c1-8(2)11-10(21(17,18)14(3)13(15)16)7-6-9(19-4)12(11)20-5/h6-7H,1H2,2-5H3,(H,15,16). The zero-order valence-electron chi connectivity index (χ0n) is 12.2. The molecular weight excluding hydrogens is 298 g/mol. The van der Waals surface area contributed by atoms with Crippen LogP contribution in [0.25, 0.3) is 5.57 Å². The van der Waals surface area contributed by atoms with E-state index in [0.717, 1.165) is 7.05 Å². The number of sulfonamides is 1. The van der Waals surface area contributed by atoms with Gasteiger partial charge in [-0.1, -0.05) is 6.58 Å². The first kappa shape index (κ1) is 16.8. The average Bonchev–Trinajstić information content (AvgIpc) is 2.43. The highest BCUT2D eigenvalue weighted by atomic mass is 32.2. The Labute approximate surface area is 123 Å². The van der Waals surface area contributed by atoms with E-state index in [1.807, 2.05) is 0 Å². The van der Waals surface area contributed by atoms with Crippen LogP contribution in [0.2, 0.25) is 0 Å². The number of allylic oxidation sites excluding steroid dienone is 1. The summed E-state index contributed by atoms with van der Waals surface area (Å²) in [4.78, 5) is 10.7. The van der Waals surface area contributed by atoms with Gasteiger partial charge in [-0.25, -0.2) is 17.5 Å². The number of methoxy groups -OCH3 is 2. The topological polar surface area (TPSA) is 93.1 Å². The van der Waals surface area contributed by atoms with E-state index < -0.39 is 16.1 Å². The van der Waals surface area contributed by atoms with Crippen molar-refractivity contribution >= 4 is 21.7 Å². The molecule has 0 aliphatic heterocycles. The Hall–Kier alpha value is -2.22. The summed E-state index contributed by atoms with van der Waals surface area (Å²) < 4.78 is 35.3. The quantitative estimate of drug-likeness (QED) is 0.893. The highest BCUT2D eigenvalue weighted by Crippen LogP contribution is 2.39. The van der Waals surface area contributed by atoms with Gasteiger partial charge in [-0.2, -0.15) is 0 Å². The van der Waals surface area contributed by atoms with Crippen molar-refractivity contribution in [3.8, 4) is 11.5 Å². The van der Waals surface area contributed by atoms with Gasteiger partial charge < -0.3 is 14.6 Å². The average molecular weight is 315 g/mol. The Morgan fingerprint density at radius 3 is 2.24 bits per heavy atom. The lowest BCUT2D eigenvalue weighted by atomic mass is 10.1. The molecule has 7 nitrogen and oxygen atoms in total. The van der Waals surface area contributed by atoms with Crippen molar-refractivity contribution in [3.05, 3.63) is 24.3 Å². The summed E-state index contributed by atoms with van der Waals surface area (Å²) in [5.41, 5.74) is 0.591. The third kappa shape index (κ3) is 2.94. The minimum atomic E-state index is -4.23. The van der Waals surface area contributed by atoms with E-state index in [4.69, 9.17) is 14.6 Å². The fourth-order valence-corrected chi connectivity index (χ4v) is 3.04. The molecule has 0 saturated carbocycles. The predicted octanol–water partition coefficient (Wildman–Crippen LogP) is 2.04. The Morgan fingerprint density at radius 2 is 1.86 bits per heavy atom. The van der Waals surface area contributed by atoms with E-state index in [1.54, 1.807) is 6.92 Å². The monoisotopic (exact) mass is 315 g/mol. The van der Waals surface area contributed by atoms with E-state index in [-0.39, 0.29) is 20.5 Å². The molecular formula is C13H17NO6S. The smallest absolute Gasteiger partial charge is 0.421 e. The maximum atomic E-state index is 12.4. The van der Waals surface area contributed by atoms with Crippen molar-refractivity contribution in [1.82, 2.24) is 4.31 Å². The number of carboxylic acid groups (broad SMARTS) is 1. The number of benzene rings is 1. The van der Waals surface area contributed by atoms with Crippen LogP contribution in [0.1, 0.15) is 12.5 Å². The molecule has 0 atom stereocenters. The molecule has 1 N–H and O–H groups in total. The summed E-state index contributed by atoms with van der Waals surface area (Å²) >= 11 is 0. The van der Waals surface area contributed by atoms with Gasteiger partial charge >= 0.3 is 6.09 Å². The number of hydrogen-bond acceptors (Lipinski definition) is 5. The molecule has 0 fully saturated rings. The SMILES string of the molecule is C=C(C)c1c(S(=O)(=O)N(C)C(=O)O)ccc(OC)c1OC. The van der Waals surface area contributed by atoms with Gasteiger partial charge in [0.05, 0.1) is 19.1 Å². The second-order valence-electron chi connectivity index (χ2n) is 4.21. The fraction of sp³-hybridized carbons (Fsp3) is 0.308. The Bertz CT molecular complexity index is 680. The van der Waals surface area contributed by atoms with Crippen molar-refractivity contribution in [1.29, 1.82) is 0 Å². The summed E-state index contributed by atoms with van der Waals surface area (Å²) in [6, 6.07) is 2.66. The van der Waals surface area contributed by atoms with Gasteiger partial charge in [0, 0.05) is 12.6 Å². The summed E-state index contributed by atoms with van der Waals surface area (Å²) in [7, 11) is -0.502. The van der Waals surface area contributed by atoms with Crippen LogP contribution in [0, 0.1) is 0 Å². The van der Waals surface area contributed by atoms with Crippen molar-refractivity contribution in [2.45, 2.75) is 11.8 Å². The number of rotatable bonds is 5. The van der Waals surface area contributed by atoms with Crippen LogP contribution in [-0.4, -0.2) is 45.2 Å². The number of carbonyl (C=O) groups is 1. The highest BCUT2D eigenvalue weighted by molar-refractivity contribution is 7.89. The highest BCUT2D eigenvalue weighted by Gasteiger charge is 2.30. The molecule has 8 heteroatoms. The van der Waals surface area contributed by atoms with Crippen LogP contribution in [0.15, 0.2) is 23.6 Å². The molecule has 21 heavy (non-hydrogen) atoms. The molecule has 1 rings (SSSR count). The molecule has 0 aliphatic carbocycles. The third-order valence-electron chi connectivity index (χ3n) is 2.84. The Balaban J connectivity index is 3.73. The minimum Gasteiger partial charge on any atom is -0.493 e. The second kappa shape index (κ2) is 6.04. The van der Waals surface area contributed by atoms with E-state index in [1.165, 1.54) is 26.4 Å². The van der Waals surface area contributed by atoms with Crippen molar-refractivity contribution in [2.75, 3.05) is 21.3 Å². The van der Waals surface area contributed by atoms with Crippen molar-refractivity contribution < 1.29 is 27.8 Å². The van der Waals surface area contributed by atoms with Crippen LogP contribution in [0.4, 0.5) is 4.79 Å². The zero-order valence-corrected chi connectivity index (χ0v) is 13.0. The minimum absolute atomic E-state index is 0.185. The molecule has 0 bridgehead atoms. The summed E-state index contributed by atoms with van der Waals surface area (Å²) in [5, 5.41) is 8.90. The van der Waals surface area contributed by atoms with Gasteiger partial charge in [0.1, 0.15) is 0 Å². The first-order valence-corrected chi connectivity index (χ1v) is 7.25. The molecule has 0 unspecified atom stereocenters. The van der Waals surface area contributed by atoms with Gasteiger partial charge in [-0.05, 0) is 24.6 Å². The molecule has 116 valence electrons.